The molecule has 100 valence electrons. The number of likely N-dealkylation sites (tertiary alicyclic amines) is 1. The maximum Gasteiger partial charge on any atom is 0.231 e. The van der Waals surface area contributed by atoms with E-state index in [1.54, 1.807) is 0 Å². The van der Waals surface area contributed by atoms with Crippen LogP contribution in [-0.2, 0) is 4.79 Å². The van der Waals surface area contributed by atoms with Crippen molar-refractivity contribution in [3.8, 4) is 0 Å². The molecule has 1 amide bonds. The van der Waals surface area contributed by atoms with Crippen molar-refractivity contribution in [3.05, 3.63) is 0 Å². The molecule has 0 spiro atoms. The standard InChI is InChI=1S/C12H25N3O2/c1-2-14-11-6-10(4-3-5-16)7-15(8-11)9-12(13)17/h10-11,14,16H,2-9H2,1H3,(H2,13,17). The summed E-state index contributed by atoms with van der Waals surface area (Å²) in [6.07, 6.45) is 2.99. The zero-order valence-electron chi connectivity index (χ0n) is 10.7. The summed E-state index contributed by atoms with van der Waals surface area (Å²) in [5, 5.41) is 12.3. The summed E-state index contributed by atoms with van der Waals surface area (Å²) in [5.41, 5.74) is 5.25. The van der Waals surface area contributed by atoms with E-state index in [0.717, 1.165) is 38.9 Å². The van der Waals surface area contributed by atoms with Gasteiger partial charge >= 0.3 is 0 Å². The van der Waals surface area contributed by atoms with Gasteiger partial charge in [-0.1, -0.05) is 6.92 Å². The van der Waals surface area contributed by atoms with E-state index in [1.165, 1.54) is 0 Å². The molecule has 5 heteroatoms. The molecule has 0 bridgehead atoms. The Morgan fingerprint density at radius 3 is 2.88 bits per heavy atom. The normalized spacial score (nSPS) is 26.0. The van der Waals surface area contributed by atoms with Crippen LogP contribution in [0.15, 0.2) is 0 Å². The van der Waals surface area contributed by atoms with Gasteiger partial charge in [-0.05, 0) is 31.7 Å². The van der Waals surface area contributed by atoms with Gasteiger partial charge in [0.2, 0.25) is 5.91 Å². The van der Waals surface area contributed by atoms with Crippen molar-refractivity contribution in [2.24, 2.45) is 11.7 Å². The van der Waals surface area contributed by atoms with Crippen LogP contribution in [0.1, 0.15) is 26.2 Å². The fraction of sp³-hybridized carbons (Fsp3) is 0.917. The molecule has 1 aliphatic rings. The Morgan fingerprint density at radius 1 is 1.53 bits per heavy atom. The van der Waals surface area contributed by atoms with Gasteiger partial charge in [0.1, 0.15) is 0 Å². The second-order valence-corrected chi connectivity index (χ2v) is 4.88. The van der Waals surface area contributed by atoms with Crippen LogP contribution in [-0.4, -0.2) is 54.7 Å². The van der Waals surface area contributed by atoms with Gasteiger partial charge in [-0.3, -0.25) is 9.69 Å². The number of nitrogens with one attached hydrogen (secondary N) is 1. The number of carbonyl (C=O) groups excluding carboxylic acids is 1. The highest BCUT2D eigenvalue weighted by Gasteiger charge is 2.26. The predicted octanol–water partition coefficient (Wildman–Crippen LogP) is -0.456. The second kappa shape index (κ2) is 7.63. The largest absolute Gasteiger partial charge is 0.396 e. The molecule has 0 aromatic carbocycles. The van der Waals surface area contributed by atoms with Crippen molar-refractivity contribution >= 4 is 5.91 Å². The molecule has 4 N–H and O–H groups in total. The maximum absolute atomic E-state index is 11.0. The predicted molar refractivity (Wildman–Crippen MR) is 67.5 cm³/mol. The van der Waals surface area contributed by atoms with Crippen LogP contribution in [0, 0.1) is 5.92 Å². The van der Waals surface area contributed by atoms with Crippen molar-refractivity contribution in [2.45, 2.75) is 32.2 Å². The van der Waals surface area contributed by atoms with Gasteiger partial charge in [0.25, 0.3) is 0 Å². The number of aliphatic hydroxyl groups excluding tert-OH is 1. The Morgan fingerprint density at radius 2 is 2.29 bits per heavy atom. The Balaban J connectivity index is 2.46. The monoisotopic (exact) mass is 243 g/mol. The van der Waals surface area contributed by atoms with Crippen LogP contribution in [0.25, 0.3) is 0 Å². The number of piperidine rings is 1. The molecule has 0 aromatic heterocycles. The van der Waals surface area contributed by atoms with E-state index in [9.17, 15) is 4.79 Å². The van der Waals surface area contributed by atoms with E-state index in [4.69, 9.17) is 10.8 Å². The van der Waals surface area contributed by atoms with Gasteiger partial charge in [0.15, 0.2) is 0 Å². The highest BCUT2D eigenvalue weighted by molar-refractivity contribution is 5.75. The lowest BCUT2D eigenvalue weighted by molar-refractivity contribution is -0.119. The number of carbonyl (C=O) groups is 1. The highest BCUT2D eigenvalue weighted by atomic mass is 16.2. The fourth-order valence-corrected chi connectivity index (χ4v) is 2.68. The first kappa shape index (κ1) is 14.4. The molecule has 0 saturated carbocycles. The highest BCUT2D eigenvalue weighted by Crippen LogP contribution is 2.21. The Kier molecular flexibility index (Phi) is 6.47. The molecule has 0 aromatic rings. The van der Waals surface area contributed by atoms with Crippen LogP contribution in [0.2, 0.25) is 0 Å². The molecule has 0 radical (unpaired) electrons. The summed E-state index contributed by atoms with van der Waals surface area (Å²) in [6.45, 7) is 5.45. The van der Waals surface area contributed by atoms with E-state index < -0.39 is 0 Å². The summed E-state index contributed by atoms with van der Waals surface area (Å²) < 4.78 is 0. The van der Waals surface area contributed by atoms with Crippen LogP contribution in [0.5, 0.6) is 0 Å². The number of hydrogen-bond acceptors (Lipinski definition) is 4. The Bertz CT molecular complexity index is 236. The molecule has 2 unspecified atom stereocenters. The first-order chi connectivity index (χ1) is 8.15. The molecule has 1 fully saturated rings. The minimum atomic E-state index is -0.261. The van der Waals surface area contributed by atoms with Crippen LogP contribution in [0.4, 0.5) is 0 Å². The second-order valence-electron chi connectivity index (χ2n) is 4.88. The third kappa shape index (κ3) is 5.48. The fourth-order valence-electron chi connectivity index (χ4n) is 2.68. The molecule has 5 nitrogen and oxygen atoms in total. The zero-order chi connectivity index (χ0) is 12.7. The molecule has 2 atom stereocenters. The average molecular weight is 243 g/mol. The van der Waals surface area contributed by atoms with E-state index in [0.29, 0.717) is 18.5 Å². The average Bonchev–Trinajstić information content (AvgIpc) is 2.25. The summed E-state index contributed by atoms with van der Waals surface area (Å²) in [5.74, 6) is 0.294. The van der Waals surface area contributed by atoms with Gasteiger partial charge in [0, 0.05) is 25.7 Å². The summed E-state index contributed by atoms with van der Waals surface area (Å²) in [6, 6.07) is 0.441. The summed E-state index contributed by atoms with van der Waals surface area (Å²) >= 11 is 0. The van der Waals surface area contributed by atoms with E-state index in [-0.39, 0.29) is 12.5 Å². The number of amides is 1. The van der Waals surface area contributed by atoms with Gasteiger partial charge < -0.3 is 16.2 Å². The van der Waals surface area contributed by atoms with Gasteiger partial charge in [-0.15, -0.1) is 0 Å². The number of rotatable bonds is 7. The SMILES string of the molecule is CCNC1CC(CCCO)CN(CC(N)=O)C1. The quantitative estimate of drug-likeness (QED) is 0.565. The number of likely N-dealkylation sites (N-methyl/N-ethyl adjacent to an activating group) is 1. The molecule has 1 aliphatic heterocycles. The van der Waals surface area contributed by atoms with Gasteiger partial charge in [-0.25, -0.2) is 0 Å². The van der Waals surface area contributed by atoms with Crippen LogP contribution < -0.4 is 11.1 Å². The molecule has 1 heterocycles. The minimum Gasteiger partial charge on any atom is -0.396 e. The van der Waals surface area contributed by atoms with E-state index >= 15 is 0 Å². The van der Waals surface area contributed by atoms with E-state index in [2.05, 4.69) is 17.1 Å². The molecule has 0 aliphatic carbocycles. The van der Waals surface area contributed by atoms with E-state index in [1.807, 2.05) is 0 Å². The third-order valence-electron chi connectivity index (χ3n) is 3.26. The number of nitrogens with two attached hydrogens (primary N) is 1. The minimum absolute atomic E-state index is 0.248. The smallest absolute Gasteiger partial charge is 0.231 e. The summed E-state index contributed by atoms with van der Waals surface area (Å²) in [4.78, 5) is 13.1. The first-order valence-electron chi connectivity index (χ1n) is 6.50. The number of aliphatic hydroxyl groups is 1. The zero-order valence-corrected chi connectivity index (χ0v) is 10.7. The van der Waals surface area contributed by atoms with Crippen LogP contribution in [0.3, 0.4) is 0 Å². The van der Waals surface area contributed by atoms with Crippen molar-refractivity contribution in [3.63, 3.8) is 0 Å². The lowest BCUT2D eigenvalue weighted by Crippen LogP contribution is -2.51. The van der Waals surface area contributed by atoms with Gasteiger partial charge in [0.05, 0.1) is 6.54 Å². The lowest BCUT2D eigenvalue weighted by Gasteiger charge is -2.37. The molecule has 1 saturated heterocycles. The number of hydrogen-bond donors (Lipinski definition) is 3. The topological polar surface area (TPSA) is 78.6 Å². The van der Waals surface area contributed by atoms with Gasteiger partial charge in [-0.2, -0.15) is 0 Å². The first-order valence-corrected chi connectivity index (χ1v) is 6.50. The third-order valence-corrected chi connectivity index (χ3v) is 3.26. The van der Waals surface area contributed by atoms with Crippen molar-refractivity contribution in [1.82, 2.24) is 10.2 Å². The van der Waals surface area contributed by atoms with Crippen molar-refractivity contribution in [1.29, 1.82) is 0 Å². The number of nitrogens with zero attached hydrogens (tertiary/aromatic N) is 1. The maximum atomic E-state index is 11.0. The molecule has 17 heavy (non-hydrogen) atoms. The molecular weight excluding hydrogens is 218 g/mol. The molecular formula is C12H25N3O2. The lowest BCUT2D eigenvalue weighted by atomic mass is 9.90. The number of primary amides is 1. The van der Waals surface area contributed by atoms with Crippen molar-refractivity contribution < 1.29 is 9.90 Å². The van der Waals surface area contributed by atoms with Crippen molar-refractivity contribution in [2.75, 3.05) is 32.8 Å². The Hall–Kier alpha value is -0.650. The molecule has 1 rings (SSSR count). The van der Waals surface area contributed by atoms with Crippen LogP contribution >= 0.6 is 0 Å². The summed E-state index contributed by atoms with van der Waals surface area (Å²) in [7, 11) is 0. The Labute approximate surface area is 103 Å².